The van der Waals surface area contributed by atoms with Gasteiger partial charge in [0.05, 0.1) is 0 Å². The molecule has 2 atom stereocenters. The Balaban J connectivity index is 0.00000137. The van der Waals surface area contributed by atoms with E-state index in [-0.39, 0.29) is 24.8 Å². The number of hydrogen-bond acceptors (Lipinski definition) is 0. The van der Waals surface area contributed by atoms with E-state index in [1.165, 1.54) is 35.6 Å². The van der Waals surface area contributed by atoms with Crippen LogP contribution in [0.15, 0.2) is 60.7 Å². The van der Waals surface area contributed by atoms with E-state index in [1.54, 1.807) is 33.4 Å². The summed E-state index contributed by atoms with van der Waals surface area (Å²) in [5, 5.41) is 2.83. The number of rotatable bonds is 4. The van der Waals surface area contributed by atoms with Crippen LogP contribution in [0, 0.1) is 5.92 Å². The van der Waals surface area contributed by atoms with Gasteiger partial charge in [0.15, 0.2) is 0 Å². The summed E-state index contributed by atoms with van der Waals surface area (Å²) in [7, 11) is 0. The first-order chi connectivity index (χ1) is 15.5. The fraction of sp³-hybridized carbons (Fsp3) is 0.333. The van der Waals surface area contributed by atoms with Crippen LogP contribution in [-0.4, -0.2) is 5.92 Å². The molecule has 2 unspecified atom stereocenters. The van der Waals surface area contributed by atoms with Crippen molar-refractivity contribution in [1.82, 2.24) is 0 Å². The zero-order chi connectivity index (χ0) is 22.0. The van der Waals surface area contributed by atoms with Gasteiger partial charge in [0.2, 0.25) is 0 Å². The van der Waals surface area contributed by atoms with Gasteiger partial charge >= 0.3 is 203 Å². The Bertz CT molecular complexity index is 1290. The predicted molar refractivity (Wildman–Crippen MR) is 139 cm³/mol. The molecule has 0 nitrogen and oxygen atoms in total. The van der Waals surface area contributed by atoms with Gasteiger partial charge in [-0.25, -0.2) is 0 Å². The summed E-state index contributed by atoms with van der Waals surface area (Å²) in [4.78, 5) is 0. The van der Waals surface area contributed by atoms with Crippen molar-refractivity contribution >= 4 is 28.3 Å². The minimum atomic E-state index is -1.85. The van der Waals surface area contributed by atoms with E-state index in [1.807, 2.05) is 0 Å². The van der Waals surface area contributed by atoms with Crippen molar-refractivity contribution in [3.05, 3.63) is 94.1 Å². The molecular formula is C30H33Cl2SiZr. The van der Waals surface area contributed by atoms with E-state index in [0.29, 0.717) is 5.92 Å². The van der Waals surface area contributed by atoms with E-state index >= 15 is 0 Å². The molecule has 0 amide bonds. The number of fused-ring (bicyclic) bond motifs is 5. The Morgan fingerprint density at radius 3 is 2.35 bits per heavy atom. The summed E-state index contributed by atoms with van der Waals surface area (Å²) < 4.78 is 1.49. The molecule has 0 aromatic heterocycles. The van der Waals surface area contributed by atoms with Crippen LogP contribution in [0.2, 0.25) is 13.1 Å². The van der Waals surface area contributed by atoms with Crippen LogP contribution in [0.25, 0.3) is 22.4 Å². The van der Waals surface area contributed by atoms with Crippen LogP contribution in [0.3, 0.4) is 0 Å². The Hall–Kier alpha value is -0.920. The molecule has 4 heteroatoms. The standard InChI is InChI=1S/C15H17.C13H9.C2H7Si.2ClH.Zr/c1-10(2)14-7-6-13-8-11-4-3-5-12(11)9-15(13)14;1-2-6-12-10(4-1)8-9-11-5-3-7-13(11)12;1-3-2;;;/h6-10H,3-5H2,1-2H3;1-9H;3H,1-2H3;2*1H;/q;;;;;+2/p-2. The Morgan fingerprint density at radius 2 is 1.62 bits per heavy atom. The molecular weight excluding hydrogens is 551 g/mol. The number of allylic oxidation sites excluding steroid dienone is 3. The third kappa shape index (κ3) is 4.17. The smallest absolute Gasteiger partial charge is 1.00 e. The molecule has 0 spiro atoms. The van der Waals surface area contributed by atoms with Gasteiger partial charge in [0, 0.05) is 0 Å². The first-order valence-electron chi connectivity index (χ1n) is 12.5. The van der Waals surface area contributed by atoms with Crippen LogP contribution < -0.4 is 24.8 Å². The number of hydrogen-bond donors (Lipinski definition) is 0. The zero-order valence-corrected chi connectivity index (χ0v) is 25.7. The Labute approximate surface area is 226 Å². The molecule has 0 saturated heterocycles. The van der Waals surface area contributed by atoms with Gasteiger partial charge in [-0.15, -0.1) is 0 Å². The van der Waals surface area contributed by atoms with Gasteiger partial charge in [0.1, 0.15) is 0 Å². The summed E-state index contributed by atoms with van der Waals surface area (Å²) in [5.41, 5.74) is 11.5. The summed E-state index contributed by atoms with van der Waals surface area (Å²) in [5.74, 6) is -0.133. The third-order valence-electron chi connectivity index (χ3n) is 8.06. The fourth-order valence-corrected chi connectivity index (χ4v) is 27.6. The second kappa shape index (κ2) is 10.2. The second-order valence-corrected chi connectivity index (χ2v) is 30.9. The normalized spacial score (nSPS) is 19.5. The van der Waals surface area contributed by atoms with E-state index < -0.39 is 26.8 Å². The van der Waals surface area contributed by atoms with Crippen LogP contribution in [0.4, 0.5) is 0 Å². The molecule has 0 bridgehead atoms. The van der Waals surface area contributed by atoms with Gasteiger partial charge in [0.25, 0.3) is 0 Å². The van der Waals surface area contributed by atoms with Crippen molar-refractivity contribution in [3.8, 4) is 0 Å². The van der Waals surface area contributed by atoms with Gasteiger partial charge in [-0.2, -0.15) is 0 Å². The van der Waals surface area contributed by atoms with Gasteiger partial charge in [-0.05, 0) is 0 Å². The van der Waals surface area contributed by atoms with Crippen LogP contribution in [0.5, 0.6) is 0 Å². The molecule has 0 saturated carbocycles. The van der Waals surface area contributed by atoms with Gasteiger partial charge in [-0.1, -0.05) is 0 Å². The van der Waals surface area contributed by atoms with Crippen LogP contribution in [-0.2, 0) is 33.8 Å². The fourth-order valence-electron chi connectivity index (χ4n) is 6.56. The number of benzene rings is 3. The molecule has 3 aliphatic carbocycles. The Kier molecular flexibility index (Phi) is 7.86. The molecule has 3 aromatic rings. The summed E-state index contributed by atoms with van der Waals surface area (Å²) >= 11 is -1.85. The first-order valence-corrected chi connectivity index (χ1v) is 22.5. The maximum Gasteiger partial charge on any atom is -1.00 e. The van der Waals surface area contributed by atoms with Crippen molar-refractivity contribution in [2.45, 2.75) is 53.5 Å². The SMILES string of the molecule is CC(C)C1=C[CH]([Zr+2]([CH]2C=Cc3c2ccc2ccccc32)[SiH](C)C)c2cc3c(cc21)CCC3.[Cl-].[Cl-]. The number of aryl methyl sites for hydroxylation is 2. The van der Waals surface area contributed by atoms with Crippen LogP contribution in [0.1, 0.15) is 60.9 Å². The maximum absolute atomic E-state index is 2.78. The summed E-state index contributed by atoms with van der Waals surface area (Å²) in [6, 6.07) is 19.1. The molecule has 6 rings (SSSR count). The molecule has 0 N–H and O–H groups in total. The molecule has 0 fully saturated rings. The molecule has 175 valence electrons. The van der Waals surface area contributed by atoms with E-state index in [0.717, 1.165) is 7.25 Å². The van der Waals surface area contributed by atoms with E-state index in [9.17, 15) is 0 Å². The minimum Gasteiger partial charge on any atom is -1.00 e. The van der Waals surface area contributed by atoms with Gasteiger partial charge in [-0.3, -0.25) is 0 Å². The summed E-state index contributed by atoms with van der Waals surface area (Å²) in [6.45, 7) is 10.1. The predicted octanol–water partition coefficient (Wildman–Crippen LogP) is 1.80. The van der Waals surface area contributed by atoms with Crippen molar-refractivity contribution in [2.75, 3.05) is 0 Å². The van der Waals surface area contributed by atoms with Crippen molar-refractivity contribution < 1.29 is 45.7 Å². The third-order valence-corrected chi connectivity index (χ3v) is 29.4. The molecule has 0 heterocycles. The summed E-state index contributed by atoms with van der Waals surface area (Å²) in [6.07, 6.45) is 11.8. The molecule has 0 radical (unpaired) electrons. The van der Waals surface area contributed by atoms with Gasteiger partial charge < -0.3 is 24.8 Å². The topological polar surface area (TPSA) is 0 Å². The van der Waals surface area contributed by atoms with E-state index in [2.05, 4.69) is 93.7 Å². The monoisotopic (exact) mass is 581 g/mol. The quantitative estimate of drug-likeness (QED) is 0.411. The van der Waals surface area contributed by atoms with Crippen molar-refractivity contribution in [2.24, 2.45) is 5.92 Å². The maximum atomic E-state index is 2.78. The molecule has 0 aliphatic heterocycles. The largest absolute Gasteiger partial charge is 1.00 e. The second-order valence-electron chi connectivity index (χ2n) is 10.6. The number of halogens is 2. The van der Waals surface area contributed by atoms with Crippen LogP contribution >= 0.6 is 0 Å². The molecule has 3 aromatic carbocycles. The first kappa shape index (κ1) is 26.2. The van der Waals surface area contributed by atoms with Crippen molar-refractivity contribution in [1.29, 1.82) is 0 Å². The average Bonchev–Trinajstić information content (AvgIpc) is 3.50. The van der Waals surface area contributed by atoms with Crippen molar-refractivity contribution in [3.63, 3.8) is 0 Å². The zero-order valence-electron chi connectivity index (χ0n) is 20.5. The minimum absolute atomic E-state index is 0. The molecule has 3 aliphatic rings. The Morgan fingerprint density at radius 1 is 0.882 bits per heavy atom. The van der Waals surface area contributed by atoms with E-state index in [4.69, 9.17) is 0 Å². The molecule has 34 heavy (non-hydrogen) atoms. The average molecular weight is 584 g/mol.